The van der Waals surface area contributed by atoms with Gasteiger partial charge in [-0.05, 0) is 59.0 Å². The molecule has 0 bridgehead atoms. The molecule has 0 aliphatic heterocycles. The number of carbonyl (C=O) groups is 1. The Balaban J connectivity index is 1.89. The van der Waals surface area contributed by atoms with E-state index in [1.165, 1.54) is 6.21 Å². The Labute approximate surface area is 164 Å². The van der Waals surface area contributed by atoms with Gasteiger partial charge in [0, 0.05) is 16.3 Å². The van der Waals surface area contributed by atoms with Gasteiger partial charge in [0.15, 0.2) is 18.1 Å². The first-order valence-electron chi connectivity index (χ1n) is 7.15. The first kappa shape index (κ1) is 19.3. The Hall–Kier alpha value is -2.00. The molecule has 0 saturated carbocycles. The molecule has 2 rings (SSSR count). The van der Waals surface area contributed by atoms with Gasteiger partial charge in [-0.15, -0.1) is 0 Å². The second-order valence-corrected chi connectivity index (χ2v) is 6.40. The molecule has 132 valence electrons. The molecule has 6 nitrogen and oxygen atoms in total. The van der Waals surface area contributed by atoms with Gasteiger partial charge in [-0.3, -0.25) is 4.79 Å². The number of nitrogens with zero attached hydrogens (tertiary/aromatic N) is 1. The molecule has 25 heavy (non-hydrogen) atoms. The zero-order chi connectivity index (χ0) is 18.2. The van der Waals surface area contributed by atoms with Gasteiger partial charge in [-0.25, -0.2) is 0 Å². The predicted molar refractivity (Wildman–Crippen MR) is 106 cm³/mol. The van der Waals surface area contributed by atoms with Crippen molar-refractivity contribution < 1.29 is 19.1 Å². The maximum absolute atomic E-state index is 11.8. The van der Waals surface area contributed by atoms with Crippen molar-refractivity contribution in [3.05, 3.63) is 50.6 Å². The van der Waals surface area contributed by atoms with E-state index in [0.29, 0.717) is 22.2 Å². The third-order valence-corrected chi connectivity index (χ3v) is 4.11. The molecule has 0 aliphatic carbocycles. The Morgan fingerprint density at radius 2 is 1.96 bits per heavy atom. The van der Waals surface area contributed by atoms with Crippen molar-refractivity contribution in [2.75, 3.05) is 26.1 Å². The maximum atomic E-state index is 11.8. The molecule has 0 fully saturated rings. The first-order chi connectivity index (χ1) is 12.0. The van der Waals surface area contributed by atoms with Crippen molar-refractivity contribution in [2.24, 2.45) is 5.16 Å². The normalized spacial score (nSPS) is 10.6. The minimum atomic E-state index is -0.318. The van der Waals surface area contributed by atoms with E-state index in [1.807, 2.05) is 6.07 Å². The summed E-state index contributed by atoms with van der Waals surface area (Å²) < 4.78 is 11.4. The van der Waals surface area contributed by atoms with Crippen LogP contribution in [0.1, 0.15) is 5.56 Å². The van der Waals surface area contributed by atoms with E-state index in [9.17, 15) is 4.79 Å². The number of methoxy groups -OCH3 is 2. The minimum absolute atomic E-state index is 0.205. The van der Waals surface area contributed by atoms with Gasteiger partial charge in [0.05, 0.1) is 24.0 Å². The van der Waals surface area contributed by atoms with E-state index in [4.69, 9.17) is 25.9 Å². The number of hydrogen-bond acceptors (Lipinski definition) is 5. The third kappa shape index (κ3) is 5.79. The summed E-state index contributed by atoms with van der Waals surface area (Å²) in [6, 6.07) is 10.4. The lowest BCUT2D eigenvalue weighted by Crippen LogP contribution is -2.16. The second kappa shape index (κ2) is 9.47. The summed E-state index contributed by atoms with van der Waals surface area (Å²) in [5.41, 5.74) is 1.40. The van der Waals surface area contributed by atoms with Crippen LogP contribution in [0.4, 0.5) is 5.69 Å². The molecule has 0 aliphatic rings. The van der Waals surface area contributed by atoms with E-state index in [0.717, 1.165) is 9.13 Å². The topological polar surface area (TPSA) is 69.2 Å². The van der Waals surface area contributed by atoms with Crippen molar-refractivity contribution in [1.29, 1.82) is 0 Å². The molecule has 1 N–H and O–H groups in total. The lowest BCUT2D eigenvalue weighted by atomic mass is 10.2. The summed E-state index contributed by atoms with van der Waals surface area (Å²) in [6.45, 7) is -0.205. The Morgan fingerprint density at radius 3 is 2.60 bits per heavy atom. The summed E-state index contributed by atoms with van der Waals surface area (Å²) >= 11 is 7.93. The number of ether oxygens (including phenoxy) is 2. The Bertz CT molecular complexity index is 766. The maximum Gasteiger partial charge on any atom is 0.265 e. The van der Waals surface area contributed by atoms with Gasteiger partial charge >= 0.3 is 0 Å². The molecular formula is C17H16ClIN2O4. The number of benzene rings is 2. The summed E-state index contributed by atoms with van der Waals surface area (Å²) in [4.78, 5) is 16.8. The van der Waals surface area contributed by atoms with Crippen LogP contribution < -0.4 is 14.8 Å². The molecule has 0 aromatic heterocycles. The van der Waals surface area contributed by atoms with Gasteiger partial charge in [0.25, 0.3) is 5.91 Å². The molecule has 0 radical (unpaired) electrons. The molecule has 0 saturated heterocycles. The van der Waals surface area contributed by atoms with Crippen molar-refractivity contribution in [2.45, 2.75) is 0 Å². The van der Waals surface area contributed by atoms with E-state index in [1.54, 1.807) is 44.6 Å². The van der Waals surface area contributed by atoms with Crippen LogP contribution >= 0.6 is 34.2 Å². The highest BCUT2D eigenvalue weighted by molar-refractivity contribution is 14.1. The molecule has 0 unspecified atom stereocenters. The molecule has 2 aromatic rings. The third-order valence-electron chi connectivity index (χ3n) is 3.06. The molecule has 1 amide bonds. The van der Waals surface area contributed by atoms with E-state index >= 15 is 0 Å². The second-order valence-electron chi connectivity index (χ2n) is 4.80. The van der Waals surface area contributed by atoms with Gasteiger partial charge in [-0.1, -0.05) is 16.8 Å². The lowest BCUT2D eigenvalue weighted by Gasteiger charge is -2.10. The fourth-order valence-electron chi connectivity index (χ4n) is 1.94. The van der Waals surface area contributed by atoms with Gasteiger partial charge in [-0.2, -0.15) is 0 Å². The van der Waals surface area contributed by atoms with Crippen LogP contribution in [0.25, 0.3) is 0 Å². The summed E-state index contributed by atoms with van der Waals surface area (Å²) in [7, 11) is 3.14. The minimum Gasteiger partial charge on any atom is -0.493 e. The molecular weight excluding hydrogens is 459 g/mol. The first-order valence-corrected chi connectivity index (χ1v) is 8.61. The number of halogens is 2. The number of nitrogens with one attached hydrogen (secondary N) is 1. The smallest absolute Gasteiger partial charge is 0.265 e. The van der Waals surface area contributed by atoms with Crippen LogP contribution in [-0.2, 0) is 9.63 Å². The summed E-state index contributed by atoms with van der Waals surface area (Å²) in [6.07, 6.45) is 1.50. The number of rotatable bonds is 7. The highest BCUT2D eigenvalue weighted by Gasteiger charge is 2.09. The molecule has 0 heterocycles. The zero-order valence-electron chi connectivity index (χ0n) is 13.6. The summed E-state index contributed by atoms with van der Waals surface area (Å²) in [5.74, 6) is 0.932. The predicted octanol–water partition coefficient (Wildman–Crippen LogP) is 3.95. The number of anilines is 1. The van der Waals surface area contributed by atoms with E-state index in [-0.39, 0.29) is 12.5 Å². The van der Waals surface area contributed by atoms with E-state index in [2.05, 4.69) is 33.1 Å². The van der Waals surface area contributed by atoms with Gasteiger partial charge in [0.1, 0.15) is 0 Å². The van der Waals surface area contributed by atoms with Crippen LogP contribution in [0, 0.1) is 3.57 Å². The number of hydrogen-bond donors (Lipinski definition) is 1. The van der Waals surface area contributed by atoms with Crippen molar-refractivity contribution in [3.63, 3.8) is 0 Å². The SMILES string of the molecule is COc1cc(/C=N/OCC(=O)Nc2ccc(Cl)cc2)cc(I)c1OC. The monoisotopic (exact) mass is 474 g/mol. The van der Waals surface area contributed by atoms with Gasteiger partial charge < -0.3 is 19.6 Å². The van der Waals surface area contributed by atoms with E-state index < -0.39 is 0 Å². The molecule has 8 heteroatoms. The van der Waals surface area contributed by atoms with Crippen LogP contribution in [0.15, 0.2) is 41.6 Å². The molecule has 0 spiro atoms. The van der Waals surface area contributed by atoms with Crippen LogP contribution in [0.2, 0.25) is 5.02 Å². The number of amides is 1. The van der Waals surface area contributed by atoms with Gasteiger partial charge in [0.2, 0.25) is 0 Å². The lowest BCUT2D eigenvalue weighted by molar-refractivity contribution is -0.120. The Morgan fingerprint density at radius 1 is 1.24 bits per heavy atom. The van der Waals surface area contributed by atoms with Crippen LogP contribution in [-0.4, -0.2) is 32.9 Å². The van der Waals surface area contributed by atoms with Crippen molar-refractivity contribution in [1.82, 2.24) is 0 Å². The summed E-state index contributed by atoms with van der Waals surface area (Å²) in [5, 5.41) is 7.08. The number of carbonyl (C=O) groups excluding carboxylic acids is 1. The van der Waals surface area contributed by atoms with Crippen LogP contribution in [0.5, 0.6) is 11.5 Å². The molecule has 2 aromatic carbocycles. The number of oxime groups is 1. The average Bonchev–Trinajstić information content (AvgIpc) is 2.60. The van der Waals surface area contributed by atoms with Crippen LogP contribution in [0.3, 0.4) is 0 Å². The fraction of sp³-hybridized carbons (Fsp3) is 0.176. The molecule has 0 atom stereocenters. The Kier molecular flexibility index (Phi) is 7.32. The van der Waals surface area contributed by atoms with Crippen molar-refractivity contribution in [3.8, 4) is 11.5 Å². The standard InChI is InChI=1S/C17H16ClIN2O4/c1-23-15-8-11(7-14(19)17(15)24-2)9-20-25-10-16(22)21-13-5-3-12(18)4-6-13/h3-9H,10H2,1-2H3,(H,21,22)/b20-9+. The fourth-order valence-corrected chi connectivity index (χ4v) is 2.91. The quantitative estimate of drug-likeness (QED) is 0.375. The zero-order valence-corrected chi connectivity index (χ0v) is 16.5. The highest BCUT2D eigenvalue weighted by Crippen LogP contribution is 2.33. The van der Waals surface area contributed by atoms with Crippen molar-refractivity contribution >= 4 is 52.0 Å². The largest absolute Gasteiger partial charge is 0.493 e. The average molecular weight is 475 g/mol. The highest BCUT2D eigenvalue weighted by atomic mass is 127.